The summed E-state index contributed by atoms with van der Waals surface area (Å²) < 4.78 is 68.5. The minimum absolute atomic E-state index is 0.0541. The third-order valence-electron chi connectivity index (χ3n) is 16.6. The highest BCUT2D eigenvalue weighted by atomic mass is 31.2. The third-order valence-corrected chi connectivity index (χ3v) is 18.5. The molecule has 3 unspecified atom stereocenters. The molecule has 0 radical (unpaired) electrons. The highest BCUT2D eigenvalue weighted by Crippen LogP contribution is 2.45. The second-order valence-electron chi connectivity index (χ2n) is 26.6. The molecule has 0 rings (SSSR count). The molecule has 0 aromatic heterocycles. The van der Waals surface area contributed by atoms with Crippen molar-refractivity contribution in [2.45, 2.75) is 341 Å². The van der Waals surface area contributed by atoms with Crippen molar-refractivity contribution in [2.75, 3.05) is 39.6 Å². The van der Waals surface area contributed by atoms with Crippen molar-refractivity contribution < 1.29 is 80.2 Å². The fourth-order valence-electron chi connectivity index (χ4n) is 10.3. The van der Waals surface area contributed by atoms with Gasteiger partial charge in [-0.05, 0) is 167 Å². The van der Waals surface area contributed by atoms with Gasteiger partial charge in [0.05, 0.1) is 26.4 Å². The molecular weight excluding hydrogens is 1350 g/mol. The summed E-state index contributed by atoms with van der Waals surface area (Å²) >= 11 is 0. The molecule has 0 saturated carbocycles. The van der Waals surface area contributed by atoms with E-state index < -0.39 is 97.5 Å². The van der Waals surface area contributed by atoms with Crippen molar-refractivity contribution in [1.29, 1.82) is 0 Å². The number of carbonyl (C=O) groups excluding carboxylic acids is 4. The van der Waals surface area contributed by atoms with Crippen LogP contribution < -0.4 is 0 Å². The average Bonchev–Trinajstić information content (AvgIpc) is 0.926. The van der Waals surface area contributed by atoms with E-state index in [2.05, 4.69) is 149 Å². The average molecular weight is 1500 g/mol. The summed E-state index contributed by atoms with van der Waals surface area (Å²) in [6, 6.07) is 0. The number of unbranched alkanes of at least 4 members (excludes halogenated alkanes) is 27. The van der Waals surface area contributed by atoms with Crippen molar-refractivity contribution in [3.8, 4) is 0 Å². The number of aliphatic hydroxyl groups excluding tert-OH is 1. The predicted molar refractivity (Wildman–Crippen MR) is 427 cm³/mol. The van der Waals surface area contributed by atoms with Crippen LogP contribution in [-0.4, -0.2) is 96.7 Å². The van der Waals surface area contributed by atoms with Gasteiger partial charge in [-0.25, -0.2) is 9.13 Å². The number of hydrogen-bond donors (Lipinski definition) is 3. The lowest BCUT2D eigenvalue weighted by Crippen LogP contribution is -2.30. The summed E-state index contributed by atoms with van der Waals surface area (Å²) in [4.78, 5) is 73.0. The molecule has 104 heavy (non-hydrogen) atoms. The second-order valence-corrected chi connectivity index (χ2v) is 29.5. The minimum atomic E-state index is -5.00. The van der Waals surface area contributed by atoms with Crippen LogP contribution in [0.4, 0.5) is 0 Å². The quantitative estimate of drug-likeness (QED) is 0.0169. The number of allylic oxidation sites excluding steroid dienone is 22. The van der Waals surface area contributed by atoms with Crippen LogP contribution in [0.15, 0.2) is 134 Å². The number of rotatable bonds is 75. The number of hydrogen-bond acceptors (Lipinski definition) is 15. The Bertz CT molecular complexity index is 2490. The molecule has 0 aromatic carbocycles. The molecule has 0 aliphatic rings. The summed E-state index contributed by atoms with van der Waals surface area (Å²) in [5.74, 6) is -2.29. The maximum Gasteiger partial charge on any atom is 0.472 e. The number of aliphatic hydroxyl groups is 1. The van der Waals surface area contributed by atoms with Crippen molar-refractivity contribution in [3.05, 3.63) is 134 Å². The predicted octanol–water partition coefficient (Wildman–Crippen LogP) is 23.7. The SMILES string of the molecule is CCCCC/C=C\C/C=C\C/C=C\C/C=C\CCCC(=O)OC[C@H](COP(=O)(O)OCC(O)COP(=O)(O)OC[C@@H](COC(=O)CCCCCCC/C=C\C/C=C\CCCCC)OC(=O)CCCCCCC/C=C\C/C=C\CCCCC)OC(=O)CCCCCC/C=C\C/C=C\C/C=C\CCCCC. The van der Waals surface area contributed by atoms with Gasteiger partial charge in [0.1, 0.15) is 19.3 Å². The van der Waals surface area contributed by atoms with Crippen LogP contribution in [0.1, 0.15) is 323 Å². The number of carbonyl (C=O) groups is 4. The summed E-state index contributed by atoms with van der Waals surface area (Å²) in [5, 5.41) is 10.6. The Morgan fingerprint density at radius 2 is 0.481 bits per heavy atom. The van der Waals surface area contributed by atoms with Crippen LogP contribution in [0.25, 0.3) is 0 Å². The Morgan fingerprint density at radius 3 is 0.760 bits per heavy atom. The van der Waals surface area contributed by atoms with E-state index in [1.165, 1.54) is 77.0 Å². The van der Waals surface area contributed by atoms with Crippen LogP contribution in [0.3, 0.4) is 0 Å². The van der Waals surface area contributed by atoms with Crippen LogP contribution in [0, 0.1) is 0 Å². The van der Waals surface area contributed by atoms with E-state index in [4.69, 9.17) is 37.0 Å². The lowest BCUT2D eigenvalue weighted by Gasteiger charge is -2.21. The van der Waals surface area contributed by atoms with E-state index in [0.29, 0.717) is 32.1 Å². The highest BCUT2D eigenvalue weighted by molar-refractivity contribution is 7.47. The Hall–Kier alpha value is -4.80. The largest absolute Gasteiger partial charge is 0.472 e. The molecule has 19 heteroatoms. The maximum absolute atomic E-state index is 13.1. The Kier molecular flexibility index (Phi) is 72.9. The number of ether oxygens (including phenoxy) is 4. The van der Waals surface area contributed by atoms with Crippen LogP contribution >= 0.6 is 15.6 Å². The fraction of sp³-hybridized carbons (Fsp3) is 0.694. The first kappa shape index (κ1) is 99.2. The van der Waals surface area contributed by atoms with Crippen molar-refractivity contribution in [1.82, 2.24) is 0 Å². The number of phosphoric ester groups is 2. The fourth-order valence-corrected chi connectivity index (χ4v) is 11.9. The third kappa shape index (κ3) is 75.4. The zero-order chi connectivity index (χ0) is 76.0. The monoisotopic (exact) mass is 1500 g/mol. The van der Waals surface area contributed by atoms with E-state index in [-0.39, 0.29) is 25.7 Å². The maximum atomic E-state index is 13.1. The normalized spacial score (nSPS) is 14.6. The molecule has 0 spiro atoms. The first-order valence-corrected chi connectivity index (χ1v) is 43.4. The molecule has 0 aliphatic heterocycles. The van der Waals surface area contributed by atoms with E-state index >= 15 is 0 Å². The molecule has 596 valence electrons. The minimum Gasteiger partial charge on any atom is -0.462 e. The number of esters is 4. The molecule has 0 fully saturated rings. The zero-order valence-corrected chi connectivity index (χ0v) is 66.9. The zero-order valence-electron chi connectivity index (χ0n) is 65.2. The molecule has 0 saturated heterocycles. The Balaban J connectivity index is 5.47. The van der Waals surface area contributed by atoms with Gasteiger partial charge in [-0.15, -0.1) is 0 Å². The van der Waals surface area contributed by atoms with Crippen LogP contribution in [0.2, 0.25) is 0 Å². The molecule has 0 aromatic rings. The topological polar surface area (TPSA) is 237 Å². The molecule has 5 atom stereocenters. The van der Waals surface area contributed by atoms with E-state index in [9.17, 15) is 43.2 Å². The van der Waals surface area contributed by atoms with Gasteiger partial charge in [-0.1, -0.05) is 264 Å². The summed E-state index contributed by atoms with van der Waals surface area (Å²) in [7, 11) is -9.99. The van der Waals surface area contributed by atoms with Gasteiger partial charge in [0, 0.05) is 25.7 Å². The highest BCUT2D eigenvalue weighted by Gasteiger charge is 2.30. The smallest absolute Gasteiger partial charge is 0.462 e. The van der Waals surface area contributed by atoms with Gasteiger partial charge in [-0.2, -0.15) is 0 Å². The summed E-state index contributed by atoms with van der Waals surface area (Å²) in [6.07, 6.45) is 85.7. The van der Waals surface area contributed by atoms with E-state index in [0.717, 1.165) is 161 Å². The second kappa shape index (κ2) is 76.4. The number of phosphoric acid groups is 2. The van der Waals surface area contributed by atoms with Crippen LogP contribution in [0.5, 0.6) is 0 Å². The molecule has 17 nitrogen and oxygen atoms in total. The van der Waals surface area contributed by atoms with Crippen molar-refractivity contribution >= 4 is 39.5 Å². The van der Waals surface area contributed by atoms with E-state index in [1.807, 2.05) is 12.2 Å². The van der Waals surface area contributed by atoms with Gasteiger partial charge in [0.25, 0.3) is 0 Å². The lowest BCUT2D eigenvalue weighted by atomic mass is 10.1. The Morgan fingerprint density at radius 1 is 0.269 bits per heavy atom. The van der Waals surface area contributed by atoms with Gasteiger partial charge in [0.2, 0.25) is 0 Å². The van der Waals surface area contributed by atoms with Gasteiger partial charge in [0.15, 0.2) is 12.2 Å². The molecule has 3 N–H and O–H groups in total. The molecular formula is C85H144O17P2. The van der Waals surface area contributed by atoms with Gasteiger partial charge < -0.3 is 33.8 Å². The summed E-state index contributed by atoms with van der Waals surface area (Å²) in [5.41, 5.74) is 0. The first-order chi connectivity index (χ1) is 50.7. The molecule has 0 aliphatic carbocycles. The van der Waals surface area contributed by atoms with Crippen molar-refractivity contribution in [2.24, 2.45) is 0 Å². The first-order valence-electron chi connectivity index (χ1n) is 40.4. The standard InChI is InChI=1S/C85H144O17P2/c1-5-9-13-17-21-25-29-33-37-39-43-46-50-54-58-62-66-70-83(88)96-76-81(102-85(90)72-68-64-60-56-52-48-44-40-38-34-30-26-22-18-14-10-6-2)78-100-104(93,94)98-74-79(86)73-97-103(91,92)99-77-80(101-84(89)71-67-63-59-55-51-47-42-36-32-28-24-20-16-12-8-4)75-95-82(87)69-65-61-57-53-49-45-41-35-31-27-23-19-15-11-7-3/h21-28,33-38,41-44,46,48,54,58,79-81,86H,5-20,29-32,39-40,45,47,49-53,55-57,59-78H2,1-4H3,(H,91,92)(H,93,94)/b25-21-,26-22-,27-23-,28-24-,37-33-,38-34-,41-35-,42-36-,46-43-,48-44-,58-54-/t79?,80-,81-/m1/s1. The Labute approximate surface area is 631 Å². The molecule has 0 amide bonds. The lowest BCUT2D eigenvalue weighted by molar-refractivity contribution is -0.161. The summed E-state index contributed by atoms with van der Waals surface area (Å²) in [6.45, 7) is 4.66. The molecule has 0 bridgehead atoms. The van der Waals surface area contributed by atoms with Gasteiger partial charge >= 0.3 is 39.5 Å². The molecule has 0 heterocycles. The van der Waals surface area contributed by atoms with Gasteiger partial charge in [-0.3, -0.25) is 37.3 Å². The van der Waals surface area contributed by atoms with E-state index in [1.54, 1.807) is 0 Å². The van der Waals surface area contributed by atoms with Crippen molar-refractivity contribution in [3.63, 3.8) is 0 Å². The van der Waals surface area contributed by atoms with Crippen LogP contribution in [-0.2, 0) is 65.4 Å².